The van der Waals surface area contributed by atoms with E-state index in [0.29, 0.717) is 10.8 Å². The topological polar surface area (TPSA) is 107 Å². The summed E-state index contributed by atoms with van der Waals surface area (Å²) in [5.41, 5.74) is 2.12. The van der Waals surface area contributed by atoms with Gasteiger partial charge in [-0.15, -0.1) is 0 Å². The van der Waals surface area contributed by atoms with Crippen LogP contribution in [0.4, 0.5) is 0 Å². The molecule has 9 heteroatoms. The van der Waals surface area contributed by atoms with Gasteiger partial charge in [0.1, 0.15) is 12.2 Å². The lowest BCUT2D eigenvalue weighted by atomic mass is 10.1. The lowest BCUT2D eigenvalue weighted by Gasteiger charge is -2.04. The number of carbonyl (C=O) groups excluding carboxylic acids is 2. The van der Waals surface area contributed by atoms with E-state index in [2.05, 4.69) is 27.4 Å². The summed E-state index contributed by atoms with van der Waals surface area (Å²) in [4.78, 5) is 31.8. The van der Waals surface area contributed by atoms with Crippen molar-refractivity contribution in [2.75, 3.05) is 6.54 Å². The zero-order chi connectivity index (χ0) is 19.9. The molecular weight excluding hydrogens is 384 g/mol. The molecule has 0 aliphatic carbocycles. The first-order valence-corrected chi connectivity index (χ1v) is 8.90. The van der Waals surface area contributed by atoms with Crippen molar-refractivity contribution in [3.8, 4) is 11.4 Å². The molecule has 0 aliphatic rings. The normalized spacial score (nSPS) is 10.5. The van der Waals surface area contributed by atoms with Crippen molar-refractivity contribution in [1.29, 1.82) is 0 Å². The molecule has 0 radical (unpaired) electrons. The Kier molecular flexibility index (Phi) is 6.33. The van der Waals surface area contributed by atoms with Gasteiger partial charge in [0.15, 0.2) is 6.61 Å². The number of aryl methyl sites for hydroxylation is 1. The Bertz CT molecular complexity index is 972. The number of rotatable bonds is 7. The molecule has 0 bridgehead atoms. The monoisotopic (exact) mass is 400 g/mol. The molecule has 8 nitrogen and oxygen atoms in total. The van der Waals surface area contributed by atoms with E-state index in [0.717, 1.165) is 12.0 Å². The quantitative estimate of drug-likeness (QED) is 0.607. The van der Waals surface area contributed by atoms with Gasteiger partial charge in [0.25, 0.3) is 11.8 Å². The third-order valence-corrected chi connectivity index (χ3v) is 4.03. The number of halogens is 1. The summed E-state index contributed by atoms with van der Waals surface area (Å²) < 4.78 is 10.1. The number of ether oxygens (including phenoxy) is 1. The lowest BCUT2D eigenvalue weighted by Crippen LogP contribution is -2.31. The predicted molar refractivity (Wildman–Crippen MR) is 100 cm³/mol. The highest BCUT2D eigenvalue weighted by atomic mass is 35.5. The van der Waals surface area contributed by atoms with E-state index >= 15 is 0 Å². The third-order valence-electron chi connectivity index (χ3n) is 3.79. The van der Waals surface area contributed by atoms with Gasteiger partial charge < -0.3 is 14.6 Å². The van der Waals surface area contributed by atoms with Crippen LogP contribution in [0, 0.1) is 0 Å². The molecule has 0 atom stereocenters. The maximum atomic E-state index is 11.9. The summed E-state index contributed by atoms with van der Waals surface area (Å²) in [5.74, 6) is -0.614. The summed E-state index contributed by atoms with van der Waals surface area (Å²) in [5, 5.41) is 6.65. The van der Waals surface area contributed by atoms with Crippen LogP contribution in [0.3, 0.4) is 0 Å². The number of esters is 1. The minimum absolute atomic E-state index is 0.107. The SMILES string of the molecule is CCc1ccc(-c2noc(COC(=O)CNC(=O)c3cc(Cl)ccn3)n2)cc1. The Morgan fingerprint density at radius 2 is 2.00 bits per heavy atom. The van der Waals surface area contributed by atoms with Crippen LogP contribution in [0.2, 0.25) is 5.02 Å². The first kappa shape index (κ1) is 19.5. The van der Waals surface area contributed by atoms with Gasteiger partial charge >= 0.3 is 5.97 Å². The van der Waals surface area contributed by atoms with E-state index < -0.39 is 11.9 Å². The molecule has 1 aromatic carbocycles. The fraction of sp³-hybridized carbons (Fsp3) is 0.211. The molecule has 28 heavy (non-hydrogen) atoms. The van der Waals surface area contributed by atoms with Crippen LogP contribution in [0.25, 0.3) is 11.4 Å². The van der Waals surface area contributed by atoms with Crippen LogP contribution in [0.15, 0.2) is 47.1 Å². The van der Waals surface area contributed by atoms with Crippen molar-refractivity contribution in [1.82, 2.24) is 20.4 Å². The van der Waals surface area contributed by atoms with Crippen molar-refractivity contribution in [2.45, 2.75) is 20.0 Å². The average molecular weight is 401 g/mol. The van der Waals surface area contributed by atoms with Crippen LogP contribution < -0.4 is 5.32 Å². The number of carbonyl (C=O) groups is 2. The molecule has 2 heterocycles. The van der Waals surface area contributed by atoms with E-state index in [4.69, 9.17) is 20.9 Å². The second kappa shape index (κ2) is 9.09. The number of nitrogens with one attached hydrogen (secondary N) is 1. The van der Waals surface area contributed by atoms with Gasteiger partial charge in [-0.25, -0.2) is 0 Å². The summed E-state index contributed by atoms with van der Waals surface area (Å²) in [6.07, 6.45) is 2.34. The van der Waals surface area contributed by atoms with Gasteiger partial charge in [-0.3, -0.25) is 14.6 Å². The minimum atomic E-state index is -0.651. The van der Waals surface area contributed by atoms with E-state index in [1.165, 1.54) is 17.8 Å². The van der Waals surface area contributed by atoms with E-state index in [1.807, 2.05) is 24.3 Å². The highest BCUT2D eigenvalue weighted by Gasteiger charge is 2.13. The van der Waals surface area contributed by atoms with Gasteiger partial charge in [-0.05, 0) is 24.1 Å². The zero-order valence-electron chi connectivity index (χ0n) is 15.0. The Labute approximate surface area is 165 Å². The fourth-order valence-electron chi connectivity index (χ4n) is 2.29. The molecule has 0 aliphatic heterocycles. The van der Waals surface area contributed by atoms with Crippen molar-refractivity contribution in [3.63, 3.8) is 0 Å². The molecule has 3 rings (SSSR count). The summed E-state index contributed by atoms with van der Waals surface area (Å²) in [6.45, 7) is 1.56. The van der Waals surface area contributed by atoms with Gasteiger partial charge in [0.05, 0.1) is 0 Å². The predicted octanol–water partition coefficient (Wildman–Crippen LogP) is 2.82. The van der Waals surface area contributed by atoms with Gasteiger partial charge in [-0.2, -0.15) is 4.98 Å². The molecule has 1 amide bonds. The van der Waals surface area contributed by atoms with Crippen molar-refractivity contribution in [3.05, 3.63) is 64.8 Å². The van der Waals surface area contributed by atoms with E-state index in [1.54, 1.807) is 6.07 Å². The molecular formula is C19H17ClN4O4. The highest BCUT2D eigenvalue weighted by molar-refractivity contribution is 6.30. The Hall–Kier alpha value is -3.26. The smallest absolute Gasteiger partial charge is 0.325 e. The number of pyridine rings is 1. The summed E-state index contributed by atoms with van der Waals surface area (Å²) in [7, 11) is 0. The van der Waals surface area contributed by atoms with Crippen LogP contribution in [-0.4, -0.2) is 33.5 Å². The van der Waals surface area contributed by atoms with Crippen LogP contribution in [0.5, 0.6) is 0 Å². The van der Waals surface area contributed by atoms with Gasteiger partial charge in [0.2, 0.25) is 5.82 Å². The third kappa shape index (κ3) is 5.14. The standard InChI is InChI=1S/C19H17ClN4O4/c1-2-12-3-5-13(6-4-12)18-23-16(28-24-18)11-27-17(25)10-22-19(26)15-9-14(20)7-8-21-15/h3-9H,2,10-11H2,1H3,(H,22,26). The molecule has 1 N–H and O–H groups in total. The van der Waals surface area contributed by atoms with Gasteiger partial charge in [-0.1, -0.05) is 47.9 Å². The first-order chi connectivity index (χ1) is 13.5. The largest absolute Gasteiger partial charge is 0.454 e. The van der Waals surface area contributed by atoms with E-state index in [-0.39, 0.29) is 24.7 Å². The average Bonchev–Trinajstić information content (AvgIpc) is 3.19. The number of aromatic nitrogens is 3. The lowest BCUT2D eigenvalue weighted by molar-refractivity contribution is -0.144. The minimum Gasteiger partial charge on any atom is -0.454 e. The molecule has 0 fully saturated rings. The van der Waals surface area contributed by atoms with Crippen LogP contribution in [-0.2, 0) is 22.6 Å². The number of benzene rings is 1. The molecule has 144 valence electrons. The van der Waals surface area contributed by atoms with Crippen LogP contribution in [0.1, 0.15) is 28.9 Å². The Morgan fingerprint density at radius 1 is 1.21 bits per heavy atom. The second-order valence-corrected chi connectivity index (χ2v) is 6.20. The maximum Gasteiger partial charge on any atom is 0.325 e. The molecule has 0 unspecified atom stereocenters. The molecule has 0 saturated heterocycles. The van der Waals surface area contributed by atoms with Crippen molar-refractivity contribution in [2.24, 2.45) is 0 Å². The number of hydrogen-bond donors (Lipinski definition) is 1. The highest BCUT2D eigenvalue weighted by Crippen LogP contribution is 2.17. The molecule has 0 saturated carbocycles. The van der Waals surface area contributed by atoms with E-state index in [9.17, 15) is 9.59 Å². The second-order valence-electron chi connectivity index (χ2n) is 5.76. The Balaban J connectivity index is 1.48. The molecule has 0 spiro atoms. The molecule has 3 aromatic rings. The summed E-state index contributed by atoms with van der Waals surface area (Å²) >= 11 is 5.80. The number of hydrogen-bond acceptors (Lipinski definition) is 7. The fourth-order valence-corrected chi connectivity index (χ4v) is 2.45. The molecule has 2 aromatic heterocycles. The van der Waals surface area contributed by atoms with Crippen molar-refractivity contribution < 1.29 is 18.8 Å². The first-order valence-electron chi connectivity index (χ1n) is 8.52. The Morgan fingerprint density at radius 3 is 2.71 bits per heavy atom. The summed E-state index contributed by atoms with van der Waals surface area (Å²) in [6, 6.07) is 10.7. The van der Waals surface area contributed by atoms with Crippen molar-refractivity contribution >= 4 is 23.5 Å². The van der Waals surface area contributed by atoms with Crippen LogP contribution >= 0.6 is 11.6 Å². The number of nitrogens with zero attached hydrogens (tertiary/aromatic N) is 3. The number of amides is 1. The van der Waals surface area contributed by atoms with Gasteiger partial charge in [0, 0.05) is 16.8 Å². The zero-order valence-corrected chi connectivity index (χ0v) is 15.8. The maximum absolute atomic E-state index is 11.9.